The van der Waals surface area contributed by atoms with Gasteiger partial charge in [0, 0.05) is 32.8 Å². The van der Waals surface area contributed by atoms with Crippen molar-refractivity contribution in [1.29, 1.82) is 0 Å². The van der Waals surface area contributed by atoms with E-state index >= 15 is 0 Å². The number of ether oxygens (including phenoxy) is 1. The maximum Gasteiger partial charge on any atom is 0.236 e. The summed E-state index contributed by atoms with van der Waals surface area (Å²) < 4.78 is 5.00. The van der Waals surface area contributed by atoms with Gasteiger partial charge in [0.25, 0.3) is 0 Å². The first-order chi connectivity index (χ1) is 11.3. The number of carbonyl (C=O) groups excluding carboxylic acids is 1. The maximum atomic E-state index is 12.5. The Kier molecular flexibility index (Phi) is 8.07. The predicted molar refractivity (Wildman–Crippen MR) is 92.5 cm³/mol. The number of rotatable bonds is 10. The minimum absolute atomic E-state index is 0.172. The fourth-order valence-electron chi connectivity index (χ4n) is 2.89. The Balaban J connectivity index is 1.83. The molecule has 5 heteroatoms. The number of nitrogens with one attached hydrogen (secondary N) is 2. The Labute approximate surface area is 139 Å². The smallest absolute Gasteiger partial charge is 0.236 e. The SMILES string of the molecule is COCCNCC(=O)N(CCc1ccccc1)C[C@@H]1CCCN1. The predicted octanol–water partition coefficient (Wildman–Crippen LogP) is 1.05. The first-order valence-corrected chi connectivity index (χ1v) is 8.54. The molecule has 2 N–H and O–H groups in total. The highest BCUT2D eigenvalue weighted by molar-refractivity contribution is 5.78. The van der Waals surface area contributed by atoms with Crippen molar-refractivity contribution < 1.29 is 9.53 Å². The van der Waals surface area contributed by atoms with Crippen LogP contribution in [0.15, 0.2) is 30.3 Å². The molecular weight excluding hydrogens is 290 g/mol. The lowest BCUT2D eigenvalue weighted by molar-refractivity contribution is -0.130. The zero-order valence-electron chi connectivity index (χ0n) is 14.1. The van der Waals surface area contributed by atoms with Crippen LogP contribution in [-0.2, 0) is 16.0 Å². The minimum atomic E-state index is 0.172. The van der Waals surface area contributed by atoms with Crippen LogP contribution in [0.25, 0.3) is 0 Å². The van der Waals surface area contributed by atoms with Crippen molar-refractivity contribution in [3.05, 3.63) is 35.9 Å². The molecule has 0 aromatic heterocycles. The average Bonchev–Trinajstić information content (AvgIpc) is 3.09. The minimum Gasteiger partial charge on any atom is -0.383 e. The van der Waals surface area contributed by atoms with Crippen LogP contribution in [0.5, 0.6) is 0 Å². The monoisotopic (exact) mass is 319 g/mol. The molecule has 1 aromatic rings. The van der Waals surface area contributed by atoms with Crippen LogP contribution in [0.1, 0.15) is 18.4 Å². The van der Waals surface area contributed by atoms with E-state index in [4.69, 9.17) is 4.74 Å². The van der Waals surface area contributed by atoms with Gasteiger partial charge in [0.15, 0.2) is 0 Å². The first-order valence-electron chi connectivity index (χ1n) is 8.54. The lowest BCUT2D eigenvalue weighted by Crippen LogP contribution is -2.45. The van der Waals surface area contributed by atoms with E-state index in [1.807, 2.05) is 23.1 Å². The van der Waals surface area contributed by atoms with Crippen molar-refractivity contribution in [3.63, 3.8) is 0 Å². The Morgan fingerprint density at radius 1 is 1.39 bits per heavy atom. The van der Waals surface area contributed by atoms with Crippen LogP contribution in [-0.4, -0.2) is 63.3 Å². The second-order valence-electron chi connectivity index (χ2n) is 6.04. The van der Waals surface area contributed by atoms with E-state index in [1.54, 1.807) is 7.11 Å². The summed E-state index contributed by atoms with van der Waals surface area (Å²) in [7, 11) is 1.67. The Bertz CT molecular complexity index is 447. The normalized spacial score (nSPS) is 17.3. The molecule has 1 aromatic carbocycles. The molecule has 1 fully saturated rings. The molecule has 128 valence electrons. The summed E-state index contributed by atoms with van der Waals surface area (Å²) in [5.41, 5.74) is 1.28. The van der Waals surface area contributed by atoms with Gasteiger partial charge in [-0.25, -0.2) is 0 Å². The number of methoxy groups -OCH3 is 1. The van der Waals surface area contributed by atoms with Crippen molar-refractivity contribution >= 4 is 5.91 Å². The van der Waals surface area contributed by atoms with Crippen molar-refractivity contribution in [2.75, 3.05) is 46.4 Å². The van der Waals surface area contributed by atoms with E-state index in [0.717, 1.165) is 32.5 Å². The van der Waals surface area contributed by atoms with Gasteiger partial charge >= 0.3 is 0 Å². The van der Waals surface area contributed by atoms with Gasteiger partial charge in [-0.05, 0) is 31.4 Å². The molecule has 1 heterocycles. The first kappa shape index (κ1) is 17.9. The van der Waals surface area contributed by atoms with Crippen LogP contribution in [0.3, 0.4) is 0 Å². The number of amides is 1. The highest BCUT2D eigenvalue weighted by Gasteiger charge is 2.21. The van der Waals surface area contributed by atoms with E-state index in [-0.39, 0.29) is 5.91 Å². The van der Waals surface area contributed by atoms with Crippen LogP contribution < -0.4 is 10.6 Å². The maximum absolute atomic E-state index is 12.5. The van der Waals surface area contributed by atoms with E-state index < -0.39 is 0 Å². The zero-order valence-corrected chi connectivity index (χ0v) is 14.1. The topological polar surface area (TPSA) is 53.6 Å². The van der Waals surface area contributed by atoms with Crippen LogP contribution in [0.2, 0.25) is 0 Å². The molecule has 1 aliphatic rings. The largest absolute Gasteiger partial charge is 0.383 e. The molecule has 1 amide bonds. The molecule has 0 aliphatic carbocycles. The summed E-state index contributed by atoms with van der Waals surface area (Å²) in [6.45, 7) is 4.35. The van der Waals surface area contributed by atoms with Crippen molar-refractivity contribution in [2.24, 2.45) is 0 Å². The van der Waals surface area contributed by atoms with Gasteiger partial charge in [0.1, 0.15) is 0 Å². The lowest BCUT2D eigenvalue weighted by atomic mass is 10.1. The summed E-state index contributed by atoms with van der Waals surface area (Å²) in [6.07, 6.45) is 3.26. The molecule has 0 bridgehead atoms. The quantitative estimate of drug-likeness (QED) is 0.633. The summed E-state index contributed by atoms with van der Waals surface area (Å²) in [5.74, 6) is 0.172. The Morgan fingerprint density at radius 2 is 2.22 bits per heavy atom. The second kappa shape index (κ2) is 10.4. The fourth-order valence-corrected chi connectivity index (χ4v) is 2.89. The number of hydrogen-bond acceptors (Lipinski definition) is 4. The summed E-state index contributed by atoms with van der Waals surface area (Å²) in [6, 6.07) is 10.8. The molecule has 0 radical (unpaired) electrons. The lowest BCUT2D eigenvalue weighted by Gasteiger charge is -2.26. The fraction of sp³-hybridized carbons (Fsp3) is 0.611. The van der Waals surface area contributed by atoms with Crippen molar-refractivity contribution in [2.45, 2.75) is 25.3 Å². The molecule has 1 aliphatic heterocycles. The van der Waals surface area contributed by atoms with Gasteiger partial charge in [-0.15, -0.1) is 0 Å². The van der Waals surface area contributed by atoms with E-state index in [0.29, 0.717) is 25.7 Å². The molecular formula is C18H29N3O2. The number of carbonyl (C=O) groups is 1. The highest BCUT2D eigenvalue weighted by Crippen LogP contribution is 2.09. The standard InChI is InChI=1S/C18H29N3O2/c1-23-13-11-19-14-18(22)21(15-17-8-5-10-20-17)12-9-16-6-3-2-4-7-16/h2-4,6-7,17,19-20H,5,8-15H2,1H3/t17-/m0/s1. The van der Waals surface area contributed by atoms with Gasteiger partial charge in [0.2, 0.25) is 5.91 Å². The molecule has 0 spiro atoms. The van der Waals surface area contributed by atoms with Gasteiger partial charge < -0.3 is 20.3 Å². The second-order valence-corrected chi connectivity index (χ2v) is 6.04. The molecule has 1 atom stereocenters. The molecule has 5 nitrogen and oxygen atoms in total. The van der Waals surface area contributed by atoms with E-state index in [9.17, 15) is 4.79 Å². The molecule has 0 unspecified atom stereocenters. The Morgan fingerprint density at radius 3 is 2.91 bits per heavy atom. The van der Waals surface area contributed by atoms with E-state index in [2.05, 4.69) is 22.8 Å². The molecule has 1 saturated heterocycles. The van der Waals surface area contributed by atoms with Crippen LogP contribution in [0, 0.1) is 0 Å². The van der Waals surface area contributed by atoms with E-state index in [1.165, 1.54) is 12.0 Å². The van der Waals surface area contributed by atoms with Gasteiger partial charge in [-0.3, -0.25) is 4.79 Å². The van der Waals surface area contributed by atoms with Crippen LogP contribution >= 0.6 is 0 Å². The summed E-state index contributed by atoms with van der Waals surface area (Å²) >= 11 is 0. The molecule has 0 saturated carbocycles. The Hall–Kier alpha value is -1.43. The van der Waals surface area contributed by atoms with Gasteiger partial charge in [-0.1, -0.05) is 30.3 Å². The number of nitrogens with zero attached hydrogens (tertiary/aromatic N) is 1. The van der Waals surface area contributed by atoms with Crippen molar-refractivity contribution in [3.8, 4) is 0 Å². The third-order valence-corrected chi connectivity index (χ3v) is 4.23. The van der Waals surface area contributed by atoms with Crippen molar-refractivity contribution in [1.82, 2.24) is 15.5 Å². The zero-order chi connectivity index (χ0) is 16.3. The van der Waals surface area contributed by atoms with Crippen LogP contribution in [0.4, 0.5) is 0 Å². The molecule has 2 rings (SSSR count). The summed E-state index contributed by atoms with van der Waals surface area (Å²) in [4.78, 5) is 14.5. The van der Waals surface area contributed by atoms with Gasteiger partial charge in [-0.2, -0.15) is 0 Å². The third kappa shape index (κ3) is 6.69. The summed E-state index contributed by atoms with van der Waals surface area (Å²) in [5, 5.41) is 6.64. The molecule has 23 heavy (non-hydrogen) atoms. The average molecular weight is 319 g/mol. The van der Waals surface area contributed by atoms with Gasteiger partial charge in [0.05, 0.1) is 13.2 Å². The highest BCUT2D eigenvalue weighted by atomic mass is 16.5. The number of hydrogen-bond donors (Lipinski definition) is 2. The number of benzene rings is 1. The third-order valence-electron chi connectivity index (χ3n) is 4.23.